The van der Waals surface area contributed by atoms with Crippen molar-refractivity contribution >= 4 is 16.8 Å². The van der Waals surface area contributed by atoms with Crippen molar-refractivity contribution in [3.05, 3.63) is 78.2 Å². The minimum atomic E-state index is -0.165. The number of amides is 1. The molecular weight excluding hydrogens is 364 g/mol. The third kappa shape index (κ3) is 3.82. The van der Waals surface area contributed by atoms with Gasteiger partial charge in [-0.25, -0.2) is 0 Å². The molecule has 0 aliphatic heterocycles. The van der Waals surface area contributed by atoms with Gasteiger partial charge in [0.15, 0.2) is 0 Å². The van der Waals surface area contributed by atoms with E-state index in [1.807, 2.05) is 55.5 Å². The molecule has 0 unspecified atom stereocenters. The highest BCUT2D eigenvalue weighted by Gasteiger charge is 2.18. The summed E-state index contributed by atoms with van der Waals surface area (Å²) >= 11 is 0. The molecule has 0 saturated heterocycles. The molecule has 0 spiro atoms. The number of aromatic nitrogens is 3. The van der Waals surface area contributed by atoms with E-state index in [4.69, 9.17) is 4.74 Å². The van der Waals surface area contributed by atoms with Gasteiger partial charge in [-0.15, -0.1) is 0 Å². The summed E-state index contributed by atoms with van der Waals surface area (Å²) in [5.41, 5.74) is 4.17. The van der Waals surface area contributed by atoms with Crippen LogP contribution in [0.25, 0.3) is 22.0 Å². The number of carbonyl (C=O) groups excluding carboxylic acids is 1. The van der Waals surface area contributed by atoms with E-state index in [1.54, 1.807) is 30.4 Å². The van der Waals surface area contributed by atoms with Gasteiger partial charge in [-0.3, -0.25) is 14.9 Å². The molecule has 0 aliphatic rings. The fourth-order valence-electron chi connectivity index (χ4n) is 3.35. The Morgan fingerprint density at radius 1 is 1.10 bits per heavy atom. The molecule has 146 valence electrons. The molecule has 29 heavy (non-hydrogen) atoms. The van der Waals surface area contributed by atoms with Gasteiger partial charge in [0, 0.05) is 36.8 Å². The number of fused-ring (bicyclic) bond motifs is 1. The SMILES string of the molecule is CCOc1cc(C(=O)N(C)Cc2cccc3cn[nH]c23)ncc1-c1ccccc1. The number of H-pyrrole nitrogens is 1. The van der Waals surface area contributed by atoms with Crippen molar-refractivity contribution in [2.24, 2.45) is 0 Å². The molecule has 0 aliphatic carbocycles. The lowest BCUT2D eigenvalue weighted by molar-refractivity contribution is 0.0779. The van der Waals surface area contributed by atoms with Gasteiger partial charge < -0.3 is 9.64 Å². The van der Waals surface area contributed by atoms with Crippen molar-refractivity contribution in [1.29, 1.82) is 0 Å². The first kappa shape index (κ1) is 18.7. The largest absolute Gasteiger partial charge is 0.493 e. The van der Waals surface area contributed by atoms with Crippen molar-refractivity contribution in [2.75, 3.05) is 13.7 Å². The minimum absolute atomic E-state index is 0.165. The first-order valence-corrected chi connectivity index (χ1v) is 9.52. The minimum Gasteiger partial charge on any atom is -0.493 e. The van der Waals surface area contributed by atoms with E-state index < -0.39 is 0 Å². The molecule has 0 fully saturated rings. The van der Waals surface area contributed by atoms with Gasteiger partial charge in [-0.2, -0.15) is 5.10 Å². The molecule has 0 saturated carbocycles. The number of para-hydroxylation sites is 1. The Bertz CT molecular complexity index is 1140. The van der Waals surface area contributed by atoms with Crippen LogP contribution in [0.3, 0.4) is 0 Å². The summed E-state index contributed by atoms with van der Waals surface area (Å²) in [6.45, 7) is 2.88. The zero-order valence-corrected chi connectivity index (χ0v) is 16.4. The lowest BCUT2D eigenvalue weighted by Crippen LogP contribution is -2.27. The molecule has 6 heteroatoms. The summed E-state index contributed by atoms with van der Waals surface area (Å²) in [5.74, 6) is 0.489. The molecule has 0 atom stereocenters. The van der Waals surface area contributed by atoms with Gasteiger partial charge in [0.2, 0.25) is 0 Å². The van der Waals surface area contributed by atoms with Crippen LogP contribution in [0.5, 0.6) is 5.75 Å². The molecule has 1 amide bonds. The normalized spacial score (nSPS) is 10.8. The summed E-state index contributed by atoms with van der Waals surface area (Å²) in [6, 6.07) is 17.6. The Hall–Kier alpha value is -3.67. The average molecular weight is 386 g/mol. The van der Waals surface area contributed by atoms with Gasteiger partial charge in [0.25, 0.3) is 5.91 Å². The van der Waals surface area contributed by atoms with E-state index in [9.17, 15) is 4.79 Å². The van der Waals surface area contributed by atoms with E-state index in [-0.39, 0.29) is 5.91 Å². The Morgan fingerprint density at radius 2 is 1.93 bits per heavy atom. The van der Waals surface area contributed by atoms with Crippen LogP contribution in [-0.4, -0.2) is 39.6 Å². The van der Waals surface area contributed by atoms with E-state index in [1.165, 1.54) is 0 Å². The summed E-state index contributed by atoms with van der Waals surface area (Å²) in [7, 11) is 1.77. The zero-order valence-electron chi connectivity index (χ0n) is 16.4. The molecule has 2 aromatic heterocycles. The Morgan fingerprint density at radius 3 is 2.72 bits per heavy atom. The number of hydrogen-bond donors (Lipinski definition) is 1. The second-order valence-electron chi connectivity index (χ2n) is 6.78. The summed E-state index contributed by atoms with van der Waals surface area (Å²) in [4.78, 5) is 19.1. The van der Waals surface area contributed by atoms with Crippen LogP contribution in [0.15, 0.2) is 67.0 Å². The van der Waals surface area contributed by atoms with Crippen LogP contribution in [0, 0.1) is 0 Å². The third-order valence-corrected chi connectivity index (χ3v) is 4.79. The second-order valence-corrected chi connectivity index (χ2v) is 6.78. The predicted octanol–water partition coefficient (Wildman–Crippen LogP) is 4.30. The number of hydrogen-bond acceptors (Lipinski definition) is 4. The number of rotatable bonds is 6. The van der Waals surface area contributed by atoms with E-state index in [0.29, 0.717) is 24.6 Å². The number of ether oxygens (including phenoxy) is 1. The number of benzene rings is 2. The van der Waals surface area contributed by atoms with Gasteiger partial charge in [0.1, 0.15) is 11.4 Å². The maximum absolute atomic E-state index is 13.0. The lowest BCUT2D eigenvalue weighted by Gasteiger charge is -2.18. The summed E-state index contributed by atoms with van der Waals surface area (Å²) in [6.07, 6.45) is 3.48. The maximum Gasteiger partial charge on any atom is 0.272 e. The van der Waals surface area contributed by atoms with Gasteiger partial charge in [-0.1, -0.05) is 48.5 Å². The fraction of sp³-hybridized carbons (Fsp3) is 0.174. The van der Waals surface area contributed by atoms with Gasteiger partial charge in [0.05, 0.1) is 18.3 Å². The van der Waals surface area contributed by atoms with Crippen LogP contribution < -0.4 is 4.74 Å². The molecule has 4 aromatic rings. The van der Waals surface area contributed by atoms with Crippen molar-refractivity contribution < 1.29 is 9.53 Å². The van der Waals surface area contributed by atoms with E-state index in [0.717, 1.165) is 27.6 Å². The van der Waals surface area contributed by atoms with E-state index in [2.05, 4.69) is 15.2 Å². The Labute approximate surface area is 169 Å². The quantitative estimate of drug-likeness (QED) is 0.536. The number of nitrogens with one attached hydrogen (secondary N) is 1. The Kier molecular flexibility index (Phi) is 5.24. The van der Waals surface area contributed by atoms with E-state index >= 15 is 0 Å². The number of carbonyl (C=O) groups is 1. The number of pyridine rings is 1. The summed E-state index contributed by atoms with van der Waals surface area (Å²) < 4.78 is 5.80. The highest BCUT2D eigenvalue weighted by atomic mass is 16.5. The second kappa shape index (κ2) is 8.14. The average Bonchev–Trinajstić information content (AvgIpc) is 3.24. The molecule has 4 rings (SSSR count). The highest BCUT2D eigenvalue weighted by Crippen LogP contribution is 2.30. The molecule has 6 nitrogen and oxygen atoms in total. The topological polar surface area (TPSA) is 71.1 Å². The number of nitrogens with zero attached hydrogens (tertiary/aromatic N) is 3. The Balaban J connectivity index is 1.61. The molecule has 0 bridgehead atoms. The lowest BCUT2D eigenvalue weighted by atomic mass is 10.1. The molecule has 0 radical (unpaired) electrons. The maximum atomic E-state index is 13.0. The van der Waals surface area contributed by atoms with Crippen LogP contribution in [0.2, 0.25) is 0 Å². The molecular formula is C23H22N4O2. The first-order chi connectivity index (χ1) is 14.2. The standard InChI is InChI=1S/C23H22N4O2/c1-3-29-21-12-20(24-14-19(21)16-8-5-4-6-9-16)23(28)27(2)15-18-11-7-10-17-13-25-26-22(17)18/h4-14H,3,15H2,1-2H3,(H,25,26). The van der Waals surface area contributed by atoms with Crippen LogP contribution in [-0.2, 0) is 6.54 Å². The molecule has 2 heterocycles. The van der Waals surface area contributed by atoms with Gasteiger partial charge in [-0.05, 0) is 18.1 Å². The smallest absolute Gasteiger partial charge is 0.272 e. The first-order valence-electron chi connectivity index (χ1n) is 9.52. The van der Waals surface area contributed by atoms with Crippen LogP contribution in [0.1, 0.15) is 23.0 Å². The third-order valence-electron chi connectivity index (χ3n) is 4.79. The van der Waals surface area contributed by atoms with Crippen molar-refractivity contribution in [1.82, 2.24) is 20.1 Å². The van der Waals surface area contributed by atoms with Crippen molar-refractivity contribution in [3.8, 4) is 16.9 Å². The molecule has 1 N–H and O–H groups in total. The fourth-order valence-corrected chi connectivity index (χ4v) is 3.35. The van der Waals surface area contributed by atoms with Crippen LogP contribution >= 0.6 is 0 Å². The van der Waals surface area contributed by atoms with Gasteiger partial charge >= 0.3 is 0 Å². The van der Waals surface area contributed by atoms with Crippen molar-refractivity contribution in [3.63, 3.8) is 0 Å². The molecule has 2 aromatic carbocycles. The monoisotopic (exact) mass is 386 g/mol. The van der Waals surface area contributed by atoms with Crippen molar-refractivity contribution in [2.45, 2.75) is 13.5 Å². The number of aromatic amines is 1. The zero-order chi connectivity index (χ0) is 20.2. The predicted molar refractivity (Wildman–Crippen MR) is 113 cm³/mol. The summed E-state index contributed by atoms with van der Waals surface area (Å²) in [5, 5.41) is 8.11. The highest BCUT2D eigenvalue weighted by molar-refractivity contribution is 5.93. The van der Waals surface area contributed by atoms with Crippen LogP contribution in [0.4, 0.5) is 0 Å².